The molecule has 2 amide bonds. The van der Waals surface area contributed by atoms with Crippen LogP contribution in [0.25, 0.3) is 10.2 Å². The van der Waals surface area contributed by atoms with Gasteiger partial charge >= 0.3 is 6.03 Å². The molecule has 1 aromatic carbocycles. The van der Waals surface area contributed by atoms with Crippen molar-refractivity contribution in [3.05, 3.63) is 23.5 Å². The Morgan fingerprint density at radius 2 is 2.29 bits per heavy atom. The second-order valence-electron chi connectivity index (χ2n) is 3.57. The number of aromatic nitrogens is 1. The van der Waals surface area contributed by atoms with E-state index in [0.29, 0.717) is 22.8 Å². The number of carbonyl (C=O) groups excluding carboxylic acids is 1. The maximum Gasteiger partial charge on any atom is 0.321 e. The van der Waals surface area contributed by atoms with E-state index in [9.17, 15) is 9.18 Å². The van der Waals surface area contributed by atoms with Crippen LogP contribution in [0.5, 0.6) is 0 Å². The monoisotopic (exact) mass is 253 g/mol. The Hall–Kier alpha value is -1.69. The molecule has 0 radical (unpaired) electrons. The summed E-state index contributed by atoms with van der Waals surface area (Å²) in [7, 11) is 0. The predicted octanol–water partition coefficient (Wildman–Crippen LogP) is 2.89. The zero-order chi connectivity index (χ0) is 12.4. The summed E-state index contributed by atoms with van der Waals surface area (Å²) in [6.07, 6.45) is 0. The first kappa shape index (κ1) is 11.8. The molecule has 2 rings (SSSR count). The Morgan fingerprint density at radius 1 is 1.53 bits per heavy atom. The minimum Gasteiger partial charge on any atom is -0.338 e. The summed E-state index contributed by atoms with van der Waals surface area (Å²) in [5.41, 5.74) is 1.24. The molecule has 1 aromatic heterocycles. The van der Waals surface area contributed by atoms with Gasteiger partial charge in [0.2, 0.25) is 0 Å². The molecule has 90 valence electrons. The second kappa shape index (κ2) is 4.67. The lowest BCUT2D eigenvalue weighted by molar-refractivity contribution is 0.252. The fourth-order valence-corrected chi connectivity index (χ4v) is 2.28. The Bertz CT molecular complexity index is 528. The Kier molecular flexibility index (Phi) is 3.23. The van der Waals surface area contributed by atoms with Crippen molar-refractivity contribution in [3.8, 4) is 0 Å². The van der Waals surface area contributed by atoms with Gasteiger partial charge in [0.1, 0.15) is 5.82 Å². The molecule has 0 aliphatic heterocycles. The van der Waals surface area contributed by atoms with E-state index < -0.39 is 0 Å². The average Bonchev–Trinajstić information content (AvgIpc) is 2.60. The third-order valence-electron chi connectivity index (χ3n) is 2.23. The lowest BCUT2D eigenvalue weighted by Crippen LogP contribution is -2.28. The quantitative estimate of drug-likeness (QED) is 0.864. The highest BCUT2D eigenvalue weighted by Gasteiger charge is 2.09. The number of hydrogen-bond acceptors (Lipinski definition) is 3. The summed E-state index contributed by atoms with van der Waals surface area (Å²) in [5.74, 6) is -0.259. The van der Waals surface area contributed by atoms with Gasteiger partial charge in [0.05, 0.1) is 10.2 Å². The number of nitrogens with one attached hydrogen (secondary N) is 2. The van der Waals surface area contributed by atoms with Crippen LogP contribution < -0.4 is 10.6 Å². The molecular weight excluding hydrogens is 241 g/mol. The maximum absolute atomic E-state index is 13.3. The molecule has 0 saturated heterocycles. The zero-order valence-electron chi connectivity index (χ0n) is 9.50. The van der Waals surface area contributed by atoms with Gasteiger partial charge in [0.15, 0.2) is 5.13 Å². The number of benzene rings is 1. The van der Waals surface area contributed by atoms with E-state index in [1.807, 2.05) is 6.92 Å². The molecule has 0 atom stereocenters. The molecular formula is C11H12FN3OS. The van der Waals surface area contributed by atoms with E-state index in [1.54, 1.807) is 13.0 Å². The normalized spacial score (nSPS) is 10.5. The van der Waals surface area contributed by atoms with Crippen LogP contribution in [0.4, 0.5) is 14.3 Å². The minimum atomic E-state index is -0.302. The minimum absolute atomic E-state index is 0.259. The Morgan fingerprint density at radius 3 is 3.00 bits per heavy atom. The number of rotatable bonds is 2. The van der Waals surface area contributed by atoms with E-state index in [1.165, 1.54) is 17.4 Å². The molecule has 0 aliphatic rings. The molecule has 0 unspecified atom stereocenters. The van der Waals surface area contributed by atoms with Gasteiger partial charge in [-0.1, -0.05) is 11.3 Å². The summed E-state index contributed by atoms with van der Waals surface area (Å²) in [6.45, 7) is 4.06. The lowest BCUT2D eigenvalue weighted by Gasteiger charge is -2.00. The molecule has 0 aliphatic carbocycles. The zero-order valence-corrected chi connectivity index (χ0v) is 10.3. The molecule has 1 heterocycles. The van der Waals surface area contributed by atoms with Crippen LogP contribution in [-0.2, 0) is 0 Å². The first-order chi connectivity index (χ1) is 8.10. The standard InChI is InChI=1S/C11H12FN3OS/c1-3-13-10(16)15-11-14-8-4-6(2)7(12)5-9(8)17-11/h4-5H,3H2,1-2H3,(H2,13,14,15,16). The van der Waals surface area contributed by atoms with Crippen molar-refractivity contribution < 1.29 is 9.18 Å². The number of anilines is 1. The average molecular weight is 253 g/mol. The molecule has 0 spiro atoms. The van der Waals surface area contributed by atoms with Crippen LogP contribution in [0.15, 0.2) is 12.1 Å². The first-order valence-electron chi connectivity index (χ1n) is 5.21. The van der Waals surface area contributed by atoms with Gasteiger partial charge in [-0.15, -0.1) is 0 Å². The first-order valence-corrected chi connectivity index (χ1v) is 6.03. The number of amides is 2. The number of carbonyl (C=O) groups is 1. The highest BCUT2D eigenvalue weighted by Crippen LogP contribution is 2.27. The molecule has 17 heavy (non-hydrogen) atoms. The van der Waals surface area contributed by atoms with E-state index in [-0.39, 0.29) is 11.8 Å². The number of hydrogen-bond donors (Lipinski definition) is 2. The maximum atomic E-state index is 13.3. The largest absolute Gasteiger partial charge is 0.338 e. The van der Waals surface area contributed by atoms with Gasteiger partial charge in [-0.2, -0.15) is 0 Å². The van der Waals surface area contributed by atoms with Gasteiger partial charge in [-0.3, -0.25) is 5.32 Å². The molecule has 4 nitrogen and oxygen atoms in total. The number of nitrogens with zero attached hydrogens (tertiary/aromatic N) is 1. The third-order valence-corrected chi connectivity index (χ3v) is 3.16. The van der Waals surface area contributed by atoms with E-state index in [2.05, 4.69) is 15.6 Å². The molecule has 2 aromatic rings. The molecule has 0 bridgehead atoms. The number of aryl methyl sites for hydroxylation is 1. The van der Waals surface area contributed by atoms with Crippen LogP contribution in [0.3, 0.4) is 0 Å². The molecule has 0 saturated carbocycles. The smallest absolute Gasteiger partial charge is 0.321 e. The van der Waals surface area contributed by atoms with Crippen molar-refractivity contribution in [3.63, 3.8) is 0 Å². The van der Waals surface area contributed by atoms with E-state index in [4.69, 9.17) is 0 Å². The fraction of sp³-hybridized carbons (Fsp3) is 0.273. The summed E-state index contributed by atoms with van der Waals surface area (Å²) in [4.78, 5) is 15.5. The van der Waals surface area contributed by atoms with Gasteiger partial charge in [-0.05, 0) is 31.5 Å². The van der Waals surface area contributed by atoms with Crippen LogP contribution in [0, 0.1) is 12.7 Å². The summed E-state index contributed by atoms with van der Waals surface area (Å²) < 4.78 is 14.0. The highest BCUT2D eigenvalue weighted by molar-refractivity contribution is 7.22. The van der Waals surface area contributed by atoms with Gasteiger partial charge < -0.3 is 5.32 Å². The molecule has 0 fully saturated rings. The number of fused-ring (bicyclic) bond motifs is 1. The van der Waals surface area contributed by atoms with Crippen molar-refractivity contribution in [2.24, 2.45) is 0 Å². The van der Waals surface area contributed by atoms with E-state index in [0.717, 1.165) is 4.70 Å². The lowest BCUT2D eigenvalue weighted by atomic mass is 10.2. The van der Waals surface area contributed by atoms with Crippen LogP contribution in [0.1, 0.15) is 12.5 Å². The molecule has 2 N–H and O–H groups in total. The third kappa shape index (κ3) is 2.52. The van der Waals surface area contributed by atoms with Crippen molar-refractivity contribution >= 4 is 32.7 Å². The van der Waals surface area contributed by atoms with Crippen molar-refractivity contribution in [2.45, 2.75) is 13.8 Å². The van der Waals surface area contributed by atoms with E-state index >= 15 is 0 Å². The fourth-order valence-electron chi connectivity index (χ4n) is 1.41. The van der Waals surface area contributed by atoms with Crippen LogP contribution in [0.2, 0.25) is 0 Å². The van der Waals surface area contributed by atoms with Gasteiger partial charge in [-0.25, -0.2) is 14.2 Å². The van der Waals surface area contributed by atoms with Crippen molar-refractivity contribution in [1.29, 1.82) is 0 Å². The second-order valence-corrected chi connectivity index (χ2v) is 4.60. The van der Waals surface area contributed by atoms with Crippen molar-refractivity contribution in [1.82, 2.24) is 10.3 Å². The van der Waals surface area contributed by atoms with Crippen LogP contribution >= 0.6 is 11.3 Å². The van der Waals surface area contributed by atoms with Gasteiger partial charge in [0.25, 0.3) is 0 Å². The highest BCUT2D eigenvalue weighted by atomic mass is 32.1. The summed E-state index contributed by atoms with van der Waals surface area (Å²) in [6, 6.07) is 2.80. The van der Waals surface area contributed by atoms with Crippen molar-refractivity contribution in [2.75, 3.05) is 11.9 Å². The topological polar surface area (TPSA) is 54.0 Å². The molecule has 6 heteroatoms. The van der Waals surface area contributed by atoms with Crippen LogP contribution in [-0.4, -0.2) is 17.6 Å². The predicted molar refractivity (Wildman–Crippen MR) is 67.0 cm³/mol. The SMILES string of the molecule is CCNC(=O)Nc1nc2cc(C)c(F)cc2s1. The summed E-state index contributed by atoms with van der Waals surface area (Å²) >= 11 is 1.25. The summed E-state index contributed by atoms with van der Waals surface area (Å²) in [5, 5.41) is 5.68. The Labute approximate surface area is 102 Å². The number of urea groups is 1. The van der Waals surface area contributed by atoms with Gasteiger partial charge in [0, 0.05) is 6.54 Å². The Balaban J connectivity index is 2.29. The number of halogens is 1. The number of thiazole rings is 1.